The SMILES string of the molecule is O=C(CCl)NCC1CSCCN1Cc1ccccc1. The Morgan fingerprint density at radius 2 is 2.21 bits per heavy atom. The number of carbonyl (C=O) groups is 1. The lowest BCUT2D eigenvalue weighted by Crippen LogP contribution is -2.48. The summed E-state index contributed by atoms with van der Waals surface area (Å²) in [7, 11) is 0. The third kappa shape index (κ3) is 4.71. The average Bonchev–Trinajstić information content (AvgIpc) is 2.47. The lowest BCUT2D eigenvalue weighted by molar-refractivity contribution is -0.118. The molecule has 1 amide bonds. The van der Waals surface area contributed by atoms with Crippen molar-refractivity contribution in [3.8, 4) is 0 Å². The largest absolute Gasteiger partial charge is 0.353 e. The van der Waals surface area contributed by atoms with Gasteiger partial charge in [-0.25, -0.2) is 0 Å². The van der Waals surface area contributed by atoms with Crippen molar-refractivity contribution in [1.29, 1.82) is 0 Å². The van der Waals surface area contributed by atoms with E-state index in [2.05, 4.69) is 34.5 Å². The van der Waals surface area contributed by atoms with Crippen LogP contribution in [0.5, 0.6) is 0 Å². The molecule has 0 aromatic heterocycles. The van der Waals surface area contributed by atoms with Crippen LogP contribution in [0.15, 0.2) is 30.3 Å². The molecule has 0 spiro atoms. The van der Waals surface area contributed by atoms with Crippen molar-refractivity contribution in [1.82, 2.24) is 10.2 Å². The van der Waals surface area contributed by atoms with E-state index >= 15 is 0 Å². The van der Waals surface area contributed by atoms with Gasteiger partial charge in [0.05, 0.1) is 0 Å². The monoisotopic (exact) mass is 298 g/mol. The molecule has 1 aliphatic heterocycles. The molecule has 1 heterocycles. The van der Waals surface area contributed by atoms with Crippen LogP contribution in [0, 0.1) is 0 Å². The van der Waals surface area contributed by atoms with Gasteiger partial charge in [0.25, 0.3) is 0 Å². The van der Waals surface area contributed by atoms with E-state index in [1.165, 1.54) is 5.56 Å². The van der Waals surface area contributed by atoms with Crippen molar-refractivity contribution in [2.45, 2.75) is 12.6 Å². The second-order valence-electron chi connectivity index (χ2n) is 4.62. The van der Waals surface area contributed by atoms with Crippen LogP contribution in [0.3, 0.4) is 0 Å². The van der Waals surface area contributed by atoms with Crippen molar-refractivity contribution in [2.75, 3.05) is 30.5 Å². The quantitative estimate of drug-likeness (QED) is 0.844. The Morgan fingerprint density at radius 1 is 1.42 bits per heavy atom. The maximum Gasteiger partial charge on any atom is 0.234 e. The Morgan fingerprint density at radius 3 is 2.95 bits per heavy atom. The zero-order valence-electron chi connectivity index (χ0n) is 10.8. The molecule has 104 valence electrons. The van der Waals surface area contributed by atoms with E-state index in [0.717, 1.165) is 24.6 Å². The van der Waals surface area contributed by atoms with Crippen molar-refractivity contribution >= 4 is 29.3 Å². The second-order valence-corrected chi connectivity index (χ2v) is 6.04. The van der Waals surface area contributed by atoms with E-state index in [-0.39, 0.29) is 11.8 Å². The van der Waals surface area contributed by atoms with Crippen LogP contribution in [0.25, 0.3) is 0 Å². The lowest BCUT2D eigenvalue weighted by atomic mass is 10.1. The summed E-state index contributed by atoms with van der Waals surface area (Å²) in [5.74, 6) is 2.18. The smallest absolute Gasteiger partial charge is 0.234 e. The van der Waals surface area contributed by atoms with E-state index in [1.54, 1.807) is 0 Å². The number of alkyl halides is 1. The highest BCUT2D eigenvalue weighted by Crippen LogP contribution is 2.18. The van der Waals surface area contributed by atoms with Crippen LogP contribution in [0.2, 0.25) is 0 Å². The number of carbonyl (C=O) groups excluding carboxylic acids is 1. The highest BCUT2D eigenvalue weighted by Gasteiger charge is 2.23. The summed E-state index contributed by atoms with van der Waals surface area (Å²) in [4.78, 5) is 13.7. The number of benzene rings is 1. The van der Waals surface area contributed by atoms with Gasteiger partial charge in [-0.1, -0.05) is 30.3 Å². The summed E-state index contributed by atoms with van der Waals surface area (Å²) in [5.41, 5.74) is 1.32. The molecule has 0 bridgehead atoms. The first kappa shape index (κ1) is 14.7. The first-order valence-corrected chi connectivity index (χ1v) is 8.17. The Kier molecular flexibility index (Phi) is 6.01. The summed E-state index contributed by atoms with van der Waals surface area (Å²) in [6, 6.07) is 10.9. The Bertz CT molecular complexity index is 402. The van der Waals surface area contributed by atoms with Crippen LogP contribution in [0.4, 0.5) is 0 Å². The van der Waals surface area contributed by atoms with Gasteiger partial charge in [0.1, 0.15) is 5.88 Å². The van der Waals surface area contributed by atoms with Crippen molar-refractivity contribution < 1.29 is 4.79 Å². The van der Waals surface area contributed by atoms with Gasteiger partial charge < -0.3 is 5.32 Å². The highest BCUT2D eigenvalue weighted by atomic mass is 35.5. The van der Waals surface area contributed by atoms with Crippen LogP contribution >= 0.6 is 23.4 Å². The fraction of sp³-hybridized carbons (Fsp3) is 0.500. The molecule has 0 radical (unpaired) electrons. The molecule has 1 unspecified atom stereocenters. The molecular weight excluding hydrogens is 280 g/mol. The Hall–Kier alpha value is -0.710. The normalized spacial score (nSPS) is 20.2. The molecule has 2 rings (SSSR count). The third-order valence-corrected chi connectivity index (χ3v) is 4.57. The summed E-state index contributed by atoms with van der Waals surface area (Å²) in [5, 5.41) is 2.89. The summed E-state index contributed by atoms with van der Waals surface area (Å²) < 4.78 is 0. The number of hydrogen-bond donors (Lipinski definition) is 1. The van der Waals surface area contributed by atoms with Crippen molar-refractivity contribution in [2.24, 2.45) is 0 Å². The molecule has 3 nitrogen and oxygen atoms in total. The van der Waals surface area contributed by atoms with Crippen molar-refractivity contribution in [3.05, 3.63) is 35.9 Å². The van der Waals surface area contributed by atoms with Gasteiger partial charge in [-0.2, -0.15) is 11.8 Å². The summed E-state index contributed by atoms with van der Waals surface area (Å²) in [6.45, 7) is 2.70. The third-order valence-electron chi connectivity index (χ3n) is 3.23. The van der Waals surface area contributed by atoms with Gasteiger partial charge in [0.15, 0.2) is 0 Å². The first-order chi connectivity index (χ1) is 9.29. The molecule has 1 fully saturated rings. The number of hydrogen-bond acceptors (Lipinski definition) is 3. The fourth-order valence-electron chi connectivity index (χ4n) is 2.18. The minimum Gasteiger partial charge on any atom is -0.353 e. The topological polar surface area (TPSA) is 32.3 Å². The molecule has 5 heteroatoms. The van der Waals surface area contributed by atoms with Crippen LogP contribution in [0.1, 0.15) is 5.56 Å². The highest BCUT2D eigenvalue weighted by molar-refractivity contribution is 7.99. The second kappa shape index (κ2) is 7.78. The van der Waals surface area contributed by atoms with Crippen molar-refractivity contribution in [3.63, 3.8) is 0 Å². The molecule has 0 saturated carbocycles. The van der Waals surface area contributed by atoms with E-state index in [4.69, 9.17) is 11.6 Å². The van der Waals surface area contributed by atoms with Crippen LogP contribution in [-0.4, -0.2) is 47.3 Å². The fourth-order valence-corrected chi connectivity index (χ4v) is 3.41. The number of halogens is 1. The standard InChI is InChI=1S/C14H19ClN2OS/c15-8-14(18)16-9-13-11-19-7-6-17(13)10-12-4-2-1-3-5-12/h1-5,13H,6-11H2,(H,16,18). The van der Waals surface area contributed by atoms with Gasteiger partial charge in [0.2, 0.25) is 5.91 Å². The Labute approximate surface area is 123 Å². The predicted octanol–water partition coefficient (Wildman–Crippen LogP) is 1.96. The molecule has 1 aliphatic rings. The number of nitrogens with zero attached hydrogens (tertiary/aromatic N) is 1. The van der Waals surface area contributed by atoms with Gasteiger partial charge in [-0.3, -0.25) is 9.69 Å². The van der Waals surface area contributed by atoms with Crippen LogP contribution in [-0.2, 0) is 11.3 Å². The molecule has 1 atom stereocenters. The van der Waals surface area contributed by atoms with E-state index in [9.17, 15) is 4.79 Å². The molecule has 1 N–H and O–H groups in total. The minimum absolute atomic E-state index is 0.0402. The molecular formula is C14H19ClN2OS. The first-order valence-electron chi connectivity index (χ1n) is 6.48. The summed E-state index contributed by atoms with van der Waals surface area (Å²) in [6.07, 6.45) is 0. The Balaban J connectivity index is 1.90. The zero-order valence-corrected chi connectivity index (χ0v) is 12.4. The van der Waals surface area contributed by atoms with Gasteiger partial charge in [-0.05, 0) is 5.56 Å². The maximum atomic E-state index is 11.3. The van der Waals surface area contributed by atoms with E-state index in [0.29, 0.717) is 12.6 Å². The number of rotatable bonds is 5. The van der Waals surface area contributed by atoms with Gasteiger partial charge in [0, 0.05) is 37.2 Å². The van der Waals surface area contributed by atoms with Crippen LogP contribution < -0.4 is 5.32 Å². The predicted molar refractivity (Wildman–Crippen MR) is 81.7 cm³/mol. The number of amides is 1. The van der Waals surface area contributed by atoms with Gasteiger partial charge in [-0.15, -0.1) is 11.6 Å². The molecule has 19 heavy (non-hydrogen) atoms. The van der Waals surface area contributed by atoms with E-state index in [1.807, 2.05) is 17.8 Å². The number of nitrogens with one attached hydrogen (secondary N) is 1. The van der Waals surface area contributed by atoms with E-state index < -0.39 is 0 Å². The average molecular weight is 299 g/mol. The summed E-state index contributed by atoms with van der Waals surface area (Å²) >= 11 is 7.46. The maximum absolute atomic E-state index is 11.3. The minimum atomic E-state index is -0.0862. The zero-order chi connectivity index (χ0) is 13.5. The molecule has 0 aliphatic carbocycles. The lowest BCUT2D eigenvalue weighted by Gasteiger charge is -2.35. The molecule has 1 saturated heterocycles. The molecule has 1 aromatic carbocycles. The van der Waals surface area contributed by atoms with Gasteiger partial charge >= 0.3 is 0 Å². The molecule has 1 aromatic rings. The number of thioether (sulfide) groups is 1.